The summed E-state index contributed by atoms with van der Waals surface area (Å²) >= 11 is 0. The minimum Gasteiger partial charge on any atom is -0.355 e. The normalized spacial score (nSPS) is 23.0. The monoisotopic (exact) mass is 499 g/mol. The van der Waals surface area contributed by atoms with Gasteiger partial charge in [0.1, 0.15) is 0 Å². The van der Waals surface area contributed by atoms with Crippen LogP contribution in [0, 0.1) is 6.92 Å². The number of halogens is 1. The molecule has 2 aromatic carbocycles. The number of nitrogens with one attached hydrogen (secondary N) is 1. The summed E-state index contributed by atoms with van der Waals surface area (Å²) in [7, 11) is -3.96. The number of piperidine rings is 1. The van der Waals surface area contributed by atoms with E-state index in [1.54, 1.807) is 41.2 Å². The minimum atomic E-state index is -3.96. The van der Waals surface area contributed by atoms with Crippen LogP contribution < -0.4 is 5.32 Å². The van der Waals surface area contributed by atoms with Gasteiger partial charge in [0, 0.05) is 25.7 Å². The molecular formula is C24H26FN5O4S. The predicted molar refractivity (Wildman–Crippen MR) is 127 cm³/mol. The zero-order valence-electron chi connectivity index (χ0n) is 19.2. The van der Waals surface area contributed by atoms with Crippen molar-refractivity contribution < 1.29 is 22.3 Å². The van der Waals surface area contributed by atoms with Crippen LogP contribution in [0.1, 0.15) is 12.1 Å². The summed E-state index contributed by atoms with van der Waals surface area (Å²) in [5.74, 6) is 0. The number of aromatic nitrogens is 2. The maximum Gasteiger partial charge on any atom is 0.322 e. The highest BCUT2D eigenvalue weighted by Crippen LogP contribution is 2.40. The van der Waals surface area contributed by atoms with Crippen molar-refractivity contribution in [2.45, 2.75) is 30.1 Å². The molecule has 2 aliphatic rings. The Kier molecular flexibility index (Phi) is 6.07. The second-order valence-electron chi connectivity index (χ2n) is 8.62. The van der Waals surface area contributed by atoms with Crippen LogP contribution in [-0.4, -0.2) is 71.3 Å². The molecule has 3 aromatic rings. The highest BCUT2D eigenvalue weighted by molar-refractivity contribution is 7.89. The van der Waals surface area contributed by atoms with Gasteiger partial charge in [-0.1, -0.05) is 30.3 Å². The zero-order chi connectivity index (χ0) is 24.6. The van der Waals surface area contributed by atoms with Crippen LogP contribution in [0.2, 0.25) is 0 Å². The van der Waals surface area contributed by atoms with E-state index in [1.807, 2.05) is 25.3 Å². The minimum absolute atomic E-state index is 0.0238. The van der Waals surface area contributed by atoms with E-state index in [0.717, 1.165) is 15.7 Å². The molecule has 2 aliphatic heterocycles. The van der Waals surface area contributed by atoms with Gasteiger partial charge in [-0.05, 0) is 31.2 Å². The quantitative estimate of drug-likeness (QED) is 0.595. The van der Waals surface area contributed by atoms with E-state index in [9.17, 15) is 13.2 Å². The topological polar surface area (TPSA) is 96.8 Å². The van der Waals surface area contributed by atoms with Gasteiger partial charge in [0.05, 0.1) is 41.4 Å². The van der Waals surface area contributed by atoms with Crippen LogP contribution in [0.4, 0.5) is 14.9 Å². The molecule has 1 spiro atoms. The Morgan fingerprint density at radius 3 is 2.60 bits per heavy atom. The summed E-state index contributed by atoms with van der Waals surface area (Å²) in [4.78, 5) is 18.7. The molecule has 184 valence electrons. The van der Waals surface area contributed by atoms with E-state index >= 15 is 4.39 Å². The number of hydrogen-bond acceptors (Lipinski definition) is 5. The fourth-order valence-electron chi connectivity index (χ4n) is 4.67. The molecule has 2 amide bonds. The van der Waals surface area contributed by atoms with Crippen LogP contribution in [-0.2, 0) is 14.8 Å². The smallest absolute Gasteiger partial charge is 0.322 e. The van der Waals surface area contributed by atoms with E-state index in [2.05, 4.69) is 10.3 Å². The Bertz CT molecular complexity index is 1330. The second-order valence-corrected chi connectivity index (χ2v) is 10.5. The number of alkyl halides is 1. The summed E-state index contributed by atoms with van der Waals surface area (Å²) in [6.07, 6.45) is 1.80. The van der Waals surface area contributed by atoms with Gasteiger partial charge in [0.25, 0.3) is 0 Å². The molecular weight excluding hydrogens is 473 g/mol. The second kappa shape index (κ2) is 9.06. The summed E-state index contributed by atoms with van der Waals surface area (Å²) in [6.45, 7) is 1.87. The number of urea groups is 1. The first-order valence-corrected chi connectivity index (χ1v) is 12.8. The number of aryl methyl sites for hydroxylation is 1. The number of anilines is 1. The van der Waals surface area contributed by atoms with Crippen molar-refractivity contribution in [1.82, 2.24) is 18.8 Å². The molecule has 0 radical (unpaired) electrons. The third-order valence-electron chi connectivity index (χ3n) is 6.43. The number of sulfonamides is 1. The Hall–Kier alpha value is -3.28. The molecule has 1 aromatic heterocycles. The van der Waals surface area contributed by atoms with Gasteiger partial charge >= 0.3 is 6.03 Å². The molecule has 3 heterocycles. The van der Waals surface area contributed by atoms with E-state index < -0.39 is 28.0 Å². The van der Waals surface area contributed by atoms with Gasteiger partial charge in [-0.15, -0.1) is 0 Å². The predicted octanol–water partition coefficient (Wildman–Crippen LogP) is 3.17. The number of carbonyl (C=O) groups excluding carboxylic acids is 1. The lowest BCUT2D eigenvalue weighted by molar-refractivity contribution is -0.134. The van der Waals surface area contributed by atoms with Crippen molar-refractivity contribution in [2.24, 2.45) is 0 Å². The van der Waals surface area contributed by atoms with Crippen LogP contribution in [0.3, 0.4) is 0 Å². The number of ether oxygens (including phenoxy) is 1. The van der Waals surface area contributed by atoms with Gasteiger partial charge in [0.2, 0.25) is 10.0 Å². The van der Waals surface area contributed by atoms with Crippen molar-refractivity contribution in [1.29, 1.82) is 0 Å². The zero-order valence-corrected chi connectivity index (χ0v) is 20.0. The van der Waals surface area contributed by atoms with E-state index in [-0.39, 0.29) is 37.6 Å². The highest BCUT2D eigenvalue weighted by atomic mass is 32.2. The fourth-order valence-corrected chi connectivity index (χ4v) is 6.40. The number of imidazole rings is 1. The molecule has 0 saturated carbocycles. The summed E-state index contributed by atoms with van der Waals surface area (Å²) in [5.41, 5.74) is 0.485. The largest absolute Gasteiger partial charge is 0.355 e. The number of amides is 2. The molecule has 2 fully saturated rings. The molecule has 2 atom stereocenters. The lowest BCUT2D eigenvalue weighted by Crippen LogP contribution is -2.63. The highest BCUT2D eigenvalue weighted by Gasteiger charge is 2.57. The molecule has 5 rings (SSSR count). The van der Waals surface area contributed by atoms with Gasteiger partial charge in [-0.3, -0.25) is 0 Å². The fraction of sp³-hybridized carbons (Fsp3) is 0.333. The number of hydrogen-bond donors (Lipinski definition) is 1. The maximum atomic E-state index is 15.7. The first kappa shape index (κ1) is 23.5. The number of benzene rings is 2. The molecule has 11 heteroatoms. The first-order chi connectivity index (χ1) is 16.8. The standard InChI is InChI=1S/C24H26FN5O4S/c1-18-15-29(17-26-18)21-10-6-5-9-20(21)27-23(31)28-12-11-24(22(25)16-28)30(13-14-34-24)35(32,33)19-7-3-2-4-8-19/h2-10,15,17,22H,11-14,16H2,1H3,(H,27,31). The Morgan fingerprint density at radius 1 is 1.14 bits per heavy atom. The Morgan fingerprint density at radius 2 is 1.89 bits per heavy atom. The molecule has 9 nitrogen and oxygen atoms in total. The van der Waals surface area contributed by atoms with Crippen LogP contribution in [0.15, 0.2) is 72.0 Å². The number of carbonyl (C=O) groups is 1. The van der Waals surface area contributed by atoms with Gasteiger partial charge in [-0.2, -0.15) is 4.31 Å². The Labute approximate surface area is 203 Å². The number of nitrogens with zero attached hydrogens (tertiary/aromatic N) is 4. The van der Waals surface area contributed by atoms with Crippen molar-refractivity contribution in [2.75, 3.05) is 31.6 Å². The maximum absolute atomic E-state index is 15.7. The van der Waals surface area contributed by atoms with Crippen LogP contribution >= 0.6 is 0 Å². The van der Waals surface area contributed by atoms with Crippen LogP contribution in [0.5, 0.6) is 0 Å². The molecule has 0 bridgehead atoms. The summed E-state index contributed by atoms with van der Waals surface area (Å²) in [5, 5.41) is 2.85. The van der Waals surface area contributed by atoms with Gasteiger partial charge < -0.3 is 19.5 Å². The van der Waals surface area contributed by atoms with Gasteiger partial charge in [0.15, 0.2) is 11.9 Å². The lowest BCUT2D eigenvalue weighted by Gasteiger charge is -2.44. The van der Waals surface area contributed by atoms with Crippen molar-refractivity contribution >= 4 is 21.7 Å². The average molecular weight is 500 g/mol. The number of rotatable bonds is 4. The van der Waals surface area contributed by atoms with Gasteiger partial charge in [-0.25, -0.2) is 22.6 Å². The van der Waals surface area contributed by atoms with E-state index in [0.29, 0.717) is 5.69 Å². The Balaban J connectivity index is 1.33. The summed E-state index contributed by atoms with van der Waals surface area (Å²) < 4.78 is 50.9. The molecule has 35 heavy (non-hydrogen) atoms. The lowest BCUT2D eigenvalue weighted by atomic mass is 9.99. The third-order valence-corrected chi connectivity index (χ3v) is 8.37. The van der Waals surface area contributed by atoms with Crippen molar-refractivity contribution in [3.63, 3.8) is 0 Å². The van der Waals surface area contributed by atoms with Crippen LogP contribution in [0.25, 0.3) is 5.69 Å². The van der Waals surface area contributed by atoms with E-state index in [4.69, 9.17) is 4.74 Å². The first-order valence-electron chi connectivity index (χ1n) is 11.3. The van der Waals surface area contributed by atoms with Crippen molar-refractivity contribution in [3.05, 3.63) is 72.8 Å². The molecule has 2 saturated heterocycles. The third kappa shape index (κ3) is 4.19. The van der Waals surface area contributed by atoms with Crippen molar-refractivity contribution in [3.8, 4) is 5.69 Å². The average Bonchev–Trinajstić information content (AvgIpc) is 3.49. The molecule has 1 N–H and O–H groups in total. The van der Waals surface area contributed by atoms with E-state index in [1.165, 1.54) is 17.0 Å². The SMILES string of the molecule is Cc1cn(-c2ccccc2NC(=O)N2CCC3(OCCN3S(=O)(=O)c3ccccc3)C(F)C2)cn1. The number of likely N-dealkylation sites (tertiary alicyclic amines) is 1. The number of para-hydroxylation sites is 2. The molecule has 2 unspecified atom stereocenters. The summed E-state index contributed by atoms with van der Waals surface area (Å²) in [6, 6.07) is 14.7. The molecule has 0 aliphatic carbocycles.